The van der Waals surface area contributed by atoms with Gasteiger partial charge < -0.3 is 5.11 Å². The Bertz CT molecular complexity index is 498. The summed E-state index contributed by atoms with van der Waals surface area (Å²) in [7, 11) is -3.50. The average Bonchev–Trinajstić information content (AvgIpc) is 3.32. The molecule has 0 radical (unpaired) electrons. The van der Waals surface area contributed by atoms with E-state index in [9.17, 15) is 13.2 Å². The molecule has 8 heteroatoms. The number of carbonyl (C=O) groups is 1. The van der Waals surface area contributed by atoms with Crippen molar-refractivity contribution in [2.24, 2.45) is 5.92 Å². The van der Waals surface area contributed by atoms with Gasteiger partial charge >= 0.3 is 5.97 Å². The lowest BCUT2D eigenvalue weighted by Crippen LogP contribution is -2.55. The molecule has 0 amide bonds. The van der Waals surface area contributed by atoms with Gasteiger partial charge in [-0.2, -0.15) is 17.0 Å². The molecule has 2 heterocycles. The molecule has 3 aliphatic rings. The largest absolute Gasteiger partial charge is 0.481 e. The van der Waals surface area contributed by atoms with Crippen LogP contribution in [0.4, 0.5) is 0 Å². The van der Waals surface area contributed by atoms with Crippen LogP contribution in [0.3, 0.4) is 0 Å². The summed E-state index contributed by atoms with van der Waals surface area (Å²) in [5.74, 6) is -1.46. The van der Waals surface area contributed by atoms with Gasteiger partial charge in [0.15, 0.2) is 0 Å². The second kappa shape index (κ2) is 5.83. The molecule has 0 aromatic carbocycles. The third-order valence-corrected chi connectivity index (χ3v) is 6.72. The lowest BCUT2D eigenvalue weighted by molar-refractivity contribution is -0.142. The maximum absolute atomic E-state index is 12.6. The lowest BCUT2D eigenvalue weighted by Gasteiger charge is -2.38. The van der Waals surface area contributed by atoms with Crippen LogP contribution in [-0.2, 0) is 15.0 Å². The smallest absolute Gasteiger partial charge is 0.307 e. The van der Waals surface area contributed by atoms with E-state index < -0.39 is 22.1 Å². The third kappa shape index (κ3) is 3.23. The minimum atomic E-state index is -3.50. The van der Waals surface area contributed by atoms with E-state index in [2.05, 4.69) is 4.90 Å². The molecule has 1 N–H and O–H groups in total. The molecular weight excluding hydrogens is 294 g/mol. The van der Waals surface area contributed by atoms with Crippen molar-refractivity contribution in [1.82, 2.24) is 13.5 Å². The molecule has 1 unspecified atom stereocenters. The number of carboxylic acid groups (broad SMARTS) is 1. The van der Waals surface area contributed by atoms with Gasteiger partial charge in [0.25, 0.3) is 10.2 Å². The van der Waals surface area contributed by atoms with E-state index in [0.29, 0.717) is 38.5 Å². The molecule has 1 aliphatic carbocycles. The van der Waals surface area contributed by atoms with Crippen molar-refractivity contribution in [2.45, 2.75) is 31.7 Å². The van der Waals surface area contributed by atoms with E-state index in [4.69, 9.17) is 5.11 Å². The molecule has 0 spiro atoms. The fraction of sp³-hybridized carbons (Fsp3) is 0.923. The number of piperidine rings is 1. The van der Waals surface area contributed by atoms with Crippen LogP contribution in [0.1, 0.15) is 25.7 Å². The summed E-state index contributed by atoms with van der Waals surface area (Å²) in [6.45, 7) is 3.18. The number of carboxylic acids is 1. The summed E-state index contributed by atoms with van der Waals surface area (Å²) in [6.07, 6.45) is 3.66. The Kier molecular flexibility index (Phi) is 4.22. The van der Waals surface area contributed by atoms with Crippen LogP contribution in [0, 0.1) is 5.92 Å². The topological polar surface area (TPSA) is 81.2 Å². The molecule has 3 fully saturated rings. The number of aliphatic carboxylic acids is 1. The first-order chi connectivity index (χ1) is 9.98. The second-order valence-corrected chi connectivity index (χ2v) is 8.14. The van der Waals surface area contributed by atoms with E-state index in [1.54, 1.807) is 0 Å². The summed E-state index contributed by atoms with van der Waals surface area (Å²) in [5, 5.41) is 9.09. The molecule has 1 atom stereocenters. The molecule has 0 bridgehead atoms. The van der Waals surface area contributed by atoms with Crippen molar-refractivity contribution in [2.75, 3.05) is 39.3 Å². The molecule has 2 aliphatic heterocycles. The van der Waals surface area contributed by atoms with Crippen LogP contribution in [0.2, 0.25) is 0 Å². The second-order valence-electron chi connectivity index (χ2n) is 6.21. The van der Waals surface area contributed by atoms with Crippen LogP contribution in [0.25, 0.3) is 0 Å². The van der Waals surface area contributed by atoms with Gasteiger partial charge in [0.1, 0.15) is 0 Å². The van der Waals surface area contributed by atoms with Crippen LogP contribution in [0.5, 0.6) is 0 Å². The van der Waals surface area contributed by atoms with Crippen molar-refractivity contribution in [3.05, 3.63) is 0 Å². The molecule has 2 saturated heterocycles. The van der Waals surface area contributed by atoms with E-state index in [1.165, 1.54) is 21.5 Å². The van der Waals surface area contributed by atoms with Gasteiger partial charge in [-0.25, -0.2) is 0 Å². The molecule has 21 heavy (non-hydrogen) atoms. The van der Waals surface area contributed by atoms with E-state index in [1.807, 2.05) is 0 Å². The molecular formula is C13H23N3O4S. The highest BCUT2D eigenvalue weighted by Gasteiger charge is 2.39. The predicted molar refractivity (Wildman–Crippen MR) is 77.0 cm³/mol. The van der Waals surface area contributed by atoms with E-state index in [-0.39, 0.29) is 6.54 Å². The van der Waals surface area contributed by atoms with Crippen molar-refractivity contribution in [3.8, 4) is 0 Å². The van der Waals surface area contributed by atoms with Gasteiger partial charge in [0.05, 0.1) is 5.92 Å². The van der Waals surface area contributed by atoms with Crippen LogP contribution >= 0.6 is 0 Å². The number of piperazine rings is 1. The van der Waals surface area contributed by atoms with Crippen molar-refractivity contribution >= 4 is 16.2 Å². The number of nitrogens with zero attached hydrogens (tertiary/aromatic N) is 3. The first-order valence-corrected chi connectivity index (χ1v) is 9.10. The third-order valence-electron chi connectivity index (χ3n) is 4.72. The maximum Gasteiger partial charge on any atom is 0.307 e. The summed E-state index contributed by atoms with van der Waals surface area (Å²) in [5.41, 5.74) is 0. The Morgan fingerprint density at radius 2 is 1.62 bits per heavy atom. The van der Waals surface area contributed by atoms with Crippen LogP contribution < -0.4 is 0 Å². The molecule has 120 valence electrons. The Balaban J connectivity index is 1.61. The molecule has 0 aromatic heterocycles. The van der Waals surface area contributed by atoms with Crippen LogP contribution in [-0.4, -0.2) is 78.3 Å². The zero-order chi connectivity index (χ0) is 15.0. The van der Waals surface area contributed by atoms with Gasteiger partial charge in [0.2, 0.25) is 0 Å². The van der Waals surface area contributed by atoms with E-state index in [0.717, 1.165) is 13.1 Å². The zero-order valence-corrected chi connectivity index (χ0v) is 13.0. The summed E-state index contributed by atoms with van der Waals surface area (Å²) in [6, 6.07) is 0.668. The Morgan fingerprint density at radius 1 is 0.952 bits per heavy atom. The predicted octanol–water partition coefficient (Wildman–Crippen LogP) is -0.192. The minimum absolute atomic E-state index is 0.112. The standard InChI is InChI=1S/C13H23N3O4S/c17-13(18)11-2-1-5-16(10-11)21(19,20)15-8-6-14(7-9-15)12-3-4-12/h11-12H,1-10H2,(H,17,18). The van der Waals surface area contributed by atoms with Crippen molar-refractivity contribution in [1.29, 1.82) is 0 Å². The van der Waals surface area contributed by atoms with Crippen LogP contribution in [0.15, 0.2) is 0 Å². The van der Waals surface area contributed by atoms with Crippen molar-refractivity contribution < 1.29 is 18.3 Å². The summed E-state index contributed by atoms with van der Waals surface area (Å²) in [4.78, 5) is 13.4. The zero-order valence-electron chi connectivity index (χ0n) is 12.1. The first kappa shape index (κ1) is 15.2. The van der Waals surface area contributed by atoms with Gasteiger partial charge in [-0.15, -0.1) is 0 Å². The first-order valence-electron chi connectivity index (χ1n) is 7.70. The highest BCUT2D eigenvalue weighted by molar-refractivity contribution is 7.86. The lowest BCUT2D eigenvalue weighted by atomic mass is 10.0. The Labute approximate surface area is 125 Å². The van der Waals surface area contributed by atoms with Gasteiger partial charge in [-0.3, -0.25) is 9.69 Å². The summed E-state index contributed by atoms with van der Waals surface area (Å²) >= 11 is 0. The molecule has 0 aromatic rings. The number of hydrogen-bond donors (Lipinski definition) is 1. The monoisotopic (exact) mass is 317 g/mol. The highest BCUT2D eigenvalue weighted by atomic mass is 32.2. The Morgan fingerprint density at radius 3 is 2.19 bits per heavy atom. The maximum atomic E-state index is 12.6. The van der Waals surface area contributed by atoms with Gasteiger partial charge in [-0.05, 0) is 25.7 Å². The summed E-state index contributed by atoms with van der Waals surface area (Å²) < 4.78 is 28.2. The average molecular weight is 317 g/mol. The van der Waals surface area contributed by atoms with Crippen molar-refractivity contribution in [3.63, 3.8) is 0 Å². The number of rotatable bonds is 4. The molecule has 3 rings (SSSR count). The van der Waals surface area contributed by atoms with Gasteiger partial charge in [-0.1, -0.05) is 0 Å². The fourth-order valence-corrected chi connectivity index (χ4v) is 4.94. The number of hydrogen-bond acceptors (Lipinski definition) is 4. The fourth-order valence-electron chi connectivity index (χ4n) is 3.26. The molecule has 7 nitrogen and oxygen atoms in total. The van der Waals surface area contributed by atoms with E-state index >= 15 is 0 Å². The molecule has 1 saturated carbocycles. The quantitative estimate of drug-likeness (QED) is 0.777. The van der Waals surface area contributed by atoms with Gasteiger partial charge in [0, 0.05) is 45.3 Å². The highest BCUT2D eigenvalue weighted by Crippen LogP contribution is 2.28. The Hall–Kier alpha value is -0.700. The minimum Gasteiger partial charge on any atom is -0.481 e. The SMILES string of the molecule is O=C(O)C1CCCN(S(=O)(=O)N2CCN(C3CC3)CC2)C1. The normalized spacial score (nSPS) is 30.4.